The van der Waals surface area contributed by atoms with Gasteiger partial charge < -0.3 is 9.26 Å². The van der Waals surface area contributed by atoms with E-state index in [1.165, 1.54) is 5.56 Å². The third kappa shape index (κ3) is 3.21. The summed E-state index contributed by atoms with van der Waals surface area (Å²) in [6.45, 7) is 3.13. The van der Waals surface area contributed by atoms with Gasteiger partial charge in [-0.1, -0.05) is 58.7 Å². The highest BCUT2D eigenvalue weighted by Gasteiger charge is 2.24. The minimum absolute atomic E-state index is 0.0664. The SMILES string of the molecule is Cc1ccc(-c2noc(-c3cc4n(n3)CC(c3ccc(Cl)cc3)OC4)n2)cc1. The summed E-state index contributed by atoms with van der Waals surface area (Å²) < 4.78 is 13.4. The van der Waals surface area contributed by atoms with Crippen molar-refractivity contribution in [1.82, 2.24) is 19.9 Å². The van der Waals surface area contributed by atoms with Crippen molar-refractivity contribution in [3.8, 4) is 23.0 Å². The van der Waals surface area contributed by atoms with E-state index in [1.54, 1.807) is 0 Å². The number of aryl methyl sites for hydroxylation is 1. The lowest BCUT2D eigenvalue weighted by atomic mass is 10.1. The van der Waals surface area contributed by atoms with E-state index in [0.717, 1.165) is 16.8 Å². The summed E-state index contributed by atoms with van der Waals surface area (Å²) in [5.41, 5.74) is 4.81. The molecular weight excluding hydrogens is 376 g/mol. The number of rotatable bonds is 3. The molecule has 6 nitrogen and oxygen atoms in total. The van der Waals surface area contributed by atoms with Crippen LogP contribution in [0.25, 0.3) is 23.0 Å². The lowest BCUT2D eigenvalue weighted by Gasteiger charge is -2.24. The van der Waals surface area contributed by atoms with Gasteiger partial charge in [-0.3, -0.25) is 4.68 Å². The molecule has 2 aromatic heterocycles. The topological polar surface area (TPSA) is 66.0 Å². The fourth-order valence-corrected chi connectivity index (χ4v) is 3.38. The molecule has 0 saturated heterocycles. The molecule has 140 valence electrons. The van der Waals surface area contributed by atoms with E-state index in [9.17, 15) is 0 Å². The van der Waals surface area contributed by atoms with Crippen LogP contribution in [0.2, 0.25) is 5.02 Å². The Morgan fingerprint density at radius 2 is 1.86 bits per heavy atom. The van der Waals surface area contributed by atoms with Gasteiger partial charge in [-0.25, -0.2) is 0 Å². The third-order valence-electron chi connectivity index (χ3n) is 4.83. The standard InChI is InChI=1S/C21H17ClN4O2/c1-13-2-4-15(5-3-13)20-23-21(28-25-20)18-10-17-12-27-19(11-26(17)24-18)14-6-8-16(22)9-7-14/h2-10,19H,11-12H2,1H3. The predicted molar refractivity (Wildman–Crippen MR) is 105 cm³/mol. The molecule has 7 heteroatoms. The van der Waals surface area contributed by atoms with Gasteiger partial charge in [0, 0.05) is 10.6 Å². The maximum absolute atomic E-state index is 5.99. The van der Waals surface area contributed by atoms with Gasteiger partial charge in [0.25, 0.3) is 5.89 Å². The first-order valence-electron chi connectivity index (χ1n) is 9.00. The summed E-state index contributed by atoms with van der Waals surface area (Å²) in [7, 11) is 0. The van der Waals surface area contributed by atoms with Crippen LogP contribution < -0.4 is 0 Å². The molecule has 3 heterocycles. The minimum Gasteiger partial charge on any atom is -0.365 e. The highest BCUT2D eigenvalue weighted by molar-refractivity contribution is 6.30. The molecule has 4 aromatic rings. The molecule has 1 aliphatic heterocycles. The highest BCUT2D eigenvalue weighted by atomic mass is 35.5. The Morgan fingerprint density at radius 3 is 2.64 bits per heavy atom. The van der Waals surface area contributed by atoms with Crippen molar-refractivity contribution < 1.29 is 9.26 Å². The molecule has 1 aliphatic rings. The zero-order valence-corrected chi connectivity index (χ0v) is 15.9. The van der Waals surface area contributed by atoms with Crippen LogP contribution in [-0.4, -0.2) is 19.9 Å². The average molecular weight is 393 g/mol. The number of halogens is 1. The normalized spacial score (nSPS) is 16.1. The van der Waals surface area contributed by atoms with Crippen molar-refractivity contribution in [2.75, 3.05) is 0 Å². The van der Waals surface area contributed by atoms with Crippen molar-refractivity contribution in [2.24, 2.45) is 0 Å². The number of fused-ring (bicyclic) bond motifs is 1. The third-order valence-corrected chi connectivity index (χ3v) is 5.08. The lowest BCUT2D eigenvalue weighted by Crippen LogP contribution is -2.21. The molecule has 0 radical (unpaired) electrons. The maximum Gasteiger partial charge on any atom is 0.278 e. The van der Waals surface area contributed by atoms with E-state index in [1.807, 2.05) is 66.2 Å². The summed E-state index contributed by atoms with van der Waals surface area (Å²) >= 11 is 5.98. The molecule has 0 aliphatic carbocycles. The highest BCUT2D eigenvalue weighted by Crippen LogP contribution is 2.30. The molecule has 1 unspecified atom stereocenters. The van der Waals surface area contributed by atoms with Crippen LogP contribution in [0.4, 0.5) is 0 Å². The fraction of sp³-hybridized carbons (Fsp3) is 0.190. The minimum atomic E-state index is -0.0664. The first-order chi connectivity index (χ1) is 13.7. The first-order valence-corrected chi connectivity index (χ1v) is 9.38. The molecule has 2 aromatic carbocycles. The van der Waals surface area contributed by atoms with E-state index in [4.69, 9.17) is 20.9 Å². The van der Waals surface area contributed by atoms with Crippen molar-refractivity contribution in [1.29, 1.82) is 0 Å². The molecule has 1 atom stereocenters. The lowest BCUT2D eigenvalue weighted by molar-refractivity contribution is -0.00112. The second-order valence-corrected chi connectivity index (χ2v) is 7.28. The van der Waals surface area contributed by atoms with E-state index < -0.39 is 0 Å². The molecule has 0 fully saturated rings. The molecular formula is C21H17ClN4O2. The van der Waals surface area contributed by atoms with E-state index in [0.29, 0.717) is 35.6 Å². The van der Waals surface area contributed by atoms with Gasteiger partial charge in [0.05, 0.1) is 18.8 Å². The number of hydrogen-bond donors (Lipinski definition) is 0. The summed E-state index contributed by atoms with van der Waals surface area (Å²) in [5, 5.41) is 9.45. The van der Waals surface area contributed by atoms with Crippen molar-refractivity contribution in [3.63, 3.8) is 0 Å². The van der Waals surface area contributed by atoms with E-state index in [2.05, 4.69) is 15.2 Å². The van der Waals surface area contributed by atoms with Crippen LogP contribution in [0.5, 0.6) is 0 Å². The molecule has 0 spiro atoms. The van der Waals surface area contributed by atoms with Crippen LogP contribution in [0, 0.1) is 6.92 Å². The predicted octanol–water partition coefficient (Wildman–Crippen LogP) is 4.83. The average Bonchev–Trinajstić information content (AvgIpc) is 3.35. The summed E-state index contributed by atoms with van der Waals surface area (Å²) in [6, 6.07) is 17.6. The first kappa shape index (κ1) is 17.2. The van der Waals surface area contributed by atoms with Crippen LogP contribution in [0.3, 0.4) is 0 Å². The fourth-order valence-electron chi connectivity index (χ4n) is 3.26. The van der Waals surface area contributed by atoms with E-state index in [-0.39, 0.29) is 6.10 Å². The molecule has 0 amide bonds. The molecule has 0 N–H and O–H groups in total. The Kier molecular flexibility index (Phi) is 4.22. The molecule has 28 heavy (non-hydrogen) atoms. The second kappa shape index (κ2) is 6.89. The van der Waals surface area contributed by atoms with Crippen molar-refractivity contribution >= 4 is 11.6 Å². The summed E-state index contributed by atoms with van der Waals surface area (Å²) in [5.74, 6) is 0.955. The van der Waals surface area contributed by atoms with Gasteiger partial charge >= 0.3 is 0 Å². The quantitative estimate of drug-likeness (QED) is 0.499. The van der Waals surface area contributed by atoms with Gasteiger partial charge in [0.1, 0.15) is 6.10 Å². The van der Waals surface area contributed by atoms with E-state index >= 15 is 0 Å². The maximum atomic E-state index is 5.99. The summed E-state index contributed by atoms with van der Waals surface area (Å²) in [6.07, 6.45) is -0.0664. The number of nitrogens with zero attached hydrogens (tertiary/aromatic N) is 4. The monoisotopic (exact) mass is 392 g/mol. The molecule has 5 rings (SSSR count). The van der Waals surface area contributed by atoms with Crippen LogP contribution >= 0.6 is 11.6 Å². The zero-order valence-electron chi connectivity index (χ0n) is 15.2. The smallest absolute Gasteiger partial charge is 0.278 e. The Hall–Kier alpha value is -2.96. The number of hydrogen-bond acceptors (Lipinski definition) is 5. The second-order valence-electron chi connectivity index (χ2n) is 6.84. The zero-order chi connectivity index (χ0) is 19.1. The van der Waals surface area contributed by atoms with Crippen molar-refractivity contribution in [2.45, 2.75) is 26.2 Å². The summed E-state index contributed by atoms with van der Waals surface area (Å²) in [4.78, 5) is 4.50. The number of aromatic nitrogens is 4. The Bertz CT molecular complexity index is 1120. The van der Waals surface area contributed by atoms with Crippen molar-refractivity contribution in [3.05, 3.63) is 76.4 Å². The van der Waals surface area contributed by atoms with Gasteiger partial charge in [-0.2, -0.15) is 10.1 Å². The number of ether oxygens (including phenoxy) is 1. The Labute approximate surface area is 166 Å². The molecule has 0 bridgehead atoms. The Balaban J connectivity index is 1.39. The van der Waals surface area contributed by atoms with Gasteiger partial charge in [0.15, 0.2) is 5.69 Å². The van der Waals surface area contributed by atoms with Gasteiger partial charge in [-0.05, 0) is 30.7 Å². The van der Waals surface area contributed by atoms with Crippen LogP contribution in [-0.2, 0) is 17.9 Å². The number of benzene rings is 2. The largest absolute Gasteiger partial charge is 0.365 e. The van der Waals surface area contributed by atoms with Crippen LogP contribution in [0.1, 0.15) is 22.9 Å². The van der Waals surface area contributed by atoms with Crippen LogP contribution in [0.15, 0.2) is 59.1 Å². The Morgan fingerprint density at radius 1 is 1.07 bits per heavy atom. The van der Waals surface area contributed by atoms with Gasteiger partial charge in [-0.15, -0.1) is 0 Å². The van der Waals surface area contributed by atoms with Gasteiger partial charge in [0.2, 0.25) is 5.82 Å². The molecule has 0 saturated carbocycles.